The third-order valence-corrected chi connectivity index (χ3v) is 3.74. The van der Waals surface area contributed by atoms with E-state index < -0.39 is 11.4 Å². The average Bonchev–Trinajstić information content (AvgIpc) is 3.34. The molecule has 0 aromatic heterocycles. The summed E-state index contributed by atoms with van der Waals surface area (Å²) in [6, 6.07) is 6.57. The standard InChI is InChI=1S/C16H20N2O4/c1-3-10-17-14(20)16(8-9-16)15(21)18-12-7-5-4-6-11(12)13(19)22-2/h4-7H,3,8-10H2,1-2H3,(H,17,20)(H,18,21). The van der Waals surface area contributed by atoms with Gasteiger partial charge in [-0.05, 0) is 31.4 Å². The summed E-state index contributed by atoms with van der Waals surface area (Å²) in [4.78, 5) is 36.3. The van der Waals surface area contributed by atoms with Crippen LogP contribution in [0.3, 0.4) is 0 Å². The number of anilines is 1. The molecule has 1 fully saturated rings. The van der Waals surface area contributed by atoms with Crippen LogP contribution in [-0.2, 0) is 14.3 Å². The Kier molecular flexibility index (Phi) is 4.80. The van der Waals surface area contributed by atoms with E-state index in [2.05, 4.69) is 10.6 Å². The van der Waals surface area contributed by atoms with Gasteiger partial charge in [0.05, 0.1) is 18.4 Å². The van der Waals surface area contributed by atoms with Crippen LogP contribution < -0.4 is 10.6 Å². The molecule has 0 heterocycles. The van der Waals surface area contributed by atoms with E-state index in [1.54, 1.807) is 24.3 Å². The van der Waals surface area contributed by atoms with Gasteiger partial charge in [-0.15, -0.1) is 0 Å². The van der Waals surface area contributed by atoms with Gasteiger partial charge < -0.3 is 15.4 Å². The van der Waals surface area contributed by atoms with Crippen LogP contribution in [0.25, 0.3) is 0 Å². The van der Waals surface area contributed by atoms with Crippen molar-refractivity contribution in [2.45, 2.75) is 26.2 Å². The molecular formula is C16H20N2O4. The second-order valence-electron chi connectivity index (χ2n) is 5.33. The summed E-state index contributed by atoms with van der Waals surface area (Å²) in [6.45, 7) is 2.50. The van der Waals surface area contributed by atoms with Crippen molar-refractivity contribution in [3.63, 3.8) is 0 Å². The van der Waals surface area contributed by atoms with Crippen molar-refractivity contribution in [1.29, 1.82) is 0 Å². The molecule has 2 N–H and O–H groups in total. The van der Waals surface area contributed by atoms with Gasteiger partial charge in [0.1, 0.15) is 5.41 Å². The van der Waals surface area contributed by atoms with Gasteiger partial charge in [0, 0.05) is 6.54 Å². The van der Waals surface area contributed by atoms with Crippen molar-refractivity contribution >= 4 is 23.5 Å². The van der Waals surface area contributed by atoms with E-state index in [1.165, 1.54) is 7.11 Å². The summed E-state index contributed by atoms with van der Waals surface area (Å²) < 4.78 is 4.69. The molecule has 1 aliphatic rings. The van der Waals surface area contributed by atoms with Gasteiger partial charge in [0.25, 0.3) is 0 Å². The fraction of sp³-hybridized carbons (Fsp3) is 0.438. The fourth-order valence-corrected chi connectivity index (χ4v) is 2.21. The Balaban J connectivity index is 2.13. The molecule has 6 heteroatoms. The zero-order valence-electron chi connectivity index (χ0n) is 12.8. The van der Waals surface area contributed by atoms with Crippen LogP contribution in [-0.4, -0.2) is 31.4 Å². The number of carbonyl (C=O) groups is 3. The Morgan fingerprint density at radius 2 is 1.86 bits per heavy atom. The number of carbonyl (C=O) groups excluding carboxylic acids is 3. The van der Waals surface area contributed by atoms with Crippen LogP contribution in [0, 0.1) is 5.41 Å². The molecule has 22 heavy (non-hydrogen) atoms. The molecule has 1 saturated carbocycles. The van der Waals surface area contributed by atoms with Gasteiger partial charge in [-0.2, -0.15) is 0 Å². The zero-order chi connectivity index (χ0) is 16.2. The molecule has 0 unspecified atom stereocenters. The number of para-hydroxylation sites is 1. The highest BCUT2D eigenvalue weighted by molar-refractivity contribution is 6.14. The molecule has 0 bridgehead atoms. The van der Waals surface area contributed by atoms with Crippen molar-refractivity contribution in [1.82, 2.24) is 5.32 Å². The molecule has 0 atom stereocenters. The molecule has 0 aliphatic heterocycles. The largest absolute Gasteiger partial charge is 0.465 e. The average molecular weight is 304 g/mol. The number of rotatable bonds is 6. The molecule has 2 amide bonds. The third-order valence-electron chi connectivity index (χ3n) is 3.74. The van der Waals surface area contributed by atoms with Gasteiger partial charge in [-0.1, -0.05) is 19.1 Å². The molecular weight excluding hydrogens is 284 g/mol. The van der Waals surface area contributed by atoms with Crippen LogP contribution in [0.5, 0.6) is 0 Å². The summed E-state index contributed by atoms with van der Waals surface area (Å²) in [5, 5.41) is 5.44. The smallest absolute Gasteiger partial charge is 0.339 e. The normalized spacial score (nSPS) is 14.8. The first kappa shape index (κ1) is 16.0. The summed E-state index contributed by atoms with van der Waals surface area (Å²) in [6.07, 6.45) is 1.86. The highest BCUT2D eigenvalue weighted by atomic mass is 16.5. The van der Waals surface area contributed by atoms with Crippen molar-refractivity contribution in [3.05, 3.63) is 29.8 Å². The minimum atomic E-state index is -1.00. The SMILES string of the molecule is CCCNC(=O)C1(C(=O)Nc2ccccc2C(=O)OC)CC1. The maximum Gasteiger partial charge on any atom is 0.339 e. The van der Waals surface area contributed by atoms with Crippen molar-refractivity contribution < 1.29 is 19.1 Å². The summed E-state index contributed by atoms with van der Waals surface area (Å²) >= 11 is 0. The van der Waals surface area contributed by atoms with Gasteiger partial charge in [0.15, 0.2) is 0 Å². The van der Waals surface area contributed by atoms with Gasteiger partial charge in [-0.3, -0.25) is 9.59 Å². The van der Waals surface area contributed by atoms with E-state index >= 15 is 0 Å². The van der Waals surface area contributed by atoms with Gasteiger partial charge in [-0.25, -0.2) is 4.79 Å². The number of ether oxygens (including phenoxy) is 1. The molecule has 6 nitrogen and oxygen atoms in total. The minimum Gasteiger partial charge on any atom is -0.465 e. The quantitative estimate of drug-likeness (QED) is 0.619. The minimum absolute atomic E-state index is 0.248. The van der Waals surface area contributed by atoms with Crippen LogP contribution >= 0.6 is 0 Å². The van der Waals surface area contributed by atoms with Gasteiger partial charge >= 0.3 is 5.97 Å². The number of amides is 2. The Labute approximate surface area is 129 Å². The monoisotopic (exact) mass is 304 g/mol. The second kappa shape index (κ2) is 6.60. The van der Waals surface area contributed by atoms with Crippen LogP contribution in [0.1, 0.15) is 36.5 Å². The summed E-state index contributed by atoms with van der Waals surface area (Å²) in [5.74, 6) is -1.16. The van der Waals surface area contributed by atoms with E-state index in [-0.39, 0.29) is 17.4 Å². The number of nitrogens with one attached hydrogen (secondary N) is 2. The van der Waals surface area contributed by atoms with E-state index in [4.69, 9.17) is 4.74 Å². The van der Waals surface area contributed by atoms with Crippen molar-refractivity contribution in [3.8, 4) is 0 Å². The lowest BCUT2D eigenvalue weighted by molar-refractivity contribution is -0.134. The van der Waals surface area contributed by atoms with Crippen molar-refractivity contribution in [2.75, 3.05) is 19.0 Å². The van der Waals surface area contributed by atoms with Crippen LogP contribution in [0.2, 0.25) is 0 Å². The third kappa shape index (κ3) is 3.10. The molecule has 1 aromatic rings. The summed E-state index contributed by atoms with van der Waals surface area (Å²) in [7, 11) is 1.28. The zero-order valence-corrected chi connectivity index (χ0v) is 12.8. The fourth-order valence-electron chi connectivity index (χ4n) is 2.21. The van der Waals surface area contributed by atoms with E-state index in [0.717, 1.165) is 6.42 Å². The highest BCUT2D eigenvalue weighted by Crippen LogP contribution is 2.47. The van der Waals surface area contributed by atoms with Crippen LogP contribution in [0.4, 0.5) is 5.69 Å². The maximum absolute atomic E-state index is 12.4. The van der Waals surface area contributed by atoms with Crippen molar-refractivity contribution in [2.24, 2.45) is 5.41 Å². The summed E-state index contributed by atoms with van der Waals surface area (Å²) in [5.41, 5.74) is -0.379. The topological polar surface area (TPSA) is 84.5 Å². The first-order valence-corrected chi connectivity index (χ1v) is 7.32. The van der Waals surface area contributed by atoms with E-state index in [1.807, 2.05) is 6.92 Å². The van der Waals surface area contributed by atoms with E-state index in [9.17, 15) is 14.4 Å². The number of methoxy groups -OCH3 is 1. The highest BCUT2D eigenvalue weighted by Gasteiger charge is 2.56. The number of benzene rings is 1. The lowest BCUT2D eigenvalue weighted by Gasteiger charge is -2.16. The first-order valence-electron chi connectivity index (χ1n) is 7.32. The molecule has 1 aliphatic carbocycles. The Morgan fingerprint density at radius 1 is 1.18 bits per heavy atom. The molecule has 1 aromatic carbocycles. The van der Waals surface area contributed by atoms with E-state index in [0.29, 0.717) is 25.1 Å². The predicted molar refractivity (Wildman–Crippen MR) is 81.4 cm³/mol. The number of esters is 1. The Morgan fingerprint density at radius 3 is 2.45 bits per heavy atom. The Bertz CT molecular complexity index is 594. The number of hydrogen-bond donors (Lipinski definition) is 2. The van der Waals surface area contributed by atoms with Gasteiger partial charge in [0.2, 0.25) is 11.8 Å². The molecule has 0 saturated heterocycles. The molecule has 0 radical (unpaired) electrons. The Hall–Kier alpha value is -2.37. The molecule has 0 spiro atoms. The lowest BCUT2D eigenvalue weighted by Crippen LogP contribution is -2.40. The number of hydrogen-bond acceptors (Lipinski definition) is 4. The molecule has 2 rings (SSSR count). The second-order valence-corrected chi connectivity index (χ2v) is 5.33. The molecule has 118 valence electrons. The lowest BCUT2D eigenvalue weighted by atomic mass is 10.0. The van der Waals surface area contributed by atoms with Crippen LogP contribution in [0.15, 0.2) is 24.3 Å². The first-order chi connectivity index (χ1) is 10.5. The predicted octanol–water partition coefficient (Wildman–Crippen LogP) is 1.72. The maximum atomic E-state index is 12.4.